The predicted octanol–water partition coefficient (Wildman–Crippen LogP) is 4.63. The molecule has 0 aliphatic rings. The minimum Gasteiger partial charge on any atom is -0.326 e. The van der Waals surface area contributed by atoms with Crippen LogP contribution in [-0.4, -0.2) is 17.9 Å². The number of rotatable bonds is 6. The molecular formula is C19H21NO2S. The van der Waals surface area contributed by atoms with E-state index in [0.717, 1.165) is 21.7 Å². The quantitative estimate of drug-likeness (QED) is 0.621. The van der Waals surface area contributed by atoms with Crippen molar-refractivity contribution >= 4 is 29.1 Å². The molecule has 2 aromatic carbocycles. The van der Waals surface area contributed by atoms with E-state index < -0.39 is 0 Å². The number of ketones is 1. The maximum atomic E-state index is 12.3. The van der Waals surface area contributed by atoms with Gasteiger partial charge in [0.25, 0.3) is 0 Å². The molecular weight excluding hydrogens is 306 g/mol. The number of nitrogens with one attached hydrogen (secondary N) is 1. The van der Waals surface area contributed by atoms with Crippen molar-refractivity contribution in [2.75, 3.05) is 11.6 Å². The summed E-state index contributed by atoms with van der Waals surface area (Å²) in [5.41, 5.74) is 3.47. The molecule has 0 aromatic heterocycles. The van der Waals surface area contributed by atoms with E-state index in [-0.39, 0.29) is 24.5 Å². The normalized spacial score (nSPS) is 10.4. The zero-order valence-corrected chi connectivity index (χ0v) is 14.5. The van der Waals surface area contributed by atoms with Crippen LogP contribution in [0.3, 0.4) is 0 Å². The van der Waals surface area contributed by atoms with E-state index in [2.05, 4.69) is 5.32 Å². The zero-order chi connectivity index (χ0) is 16.8. The second-order valence-corrected chi connectivity index (χ2v) is 6.40. The van der Waals surface area contributed by atoms with E-state index in [9.17, 15) is 9.59 Å². The number of carbonyl (C=O) groups excluding carboxylic acids is 2. The first-order valence-corrected chi connectivity index (χ1v) is 8.76. The molecule has 0 aliphatic carbocycles. The van der Waals surface area contributed by atoms with Gasteiger partial charge >= 0.3 is 0 Å². The topological polar surface area (TPSA) is 46.2 Å². The third-order valence-corrected chi connectivity index (χ3v) is 4.39. The van der Waals surface area contributed by atoms with Crippen LogP contribution in [0, 0.1) is 13.8 Å². The van der Waals surface area contributed by atoms with Crippen LogP contribution >= 0.6 is 11.8 Å². The highest BCUT2D eigenvalue weighted by Gasteiger charge is 2.12. The number of anilines is 1. The monoisotopic (exact) mass is 327 g/mol. The summed E-state index contributed by atoms with van der Waals surface area (Å²) in [6.07, 6.45) is 2.42. The molecule has 0 saturated carbocycles. The van der Waals surface area contributed by atoms with Gasteiger partial charge in [-0.15, -0.1) is 11.8 Å². The molecule has 0 atom stereocenters. The molecule has 0 bridgehead atoms. The molecule has 23 heavy (non-hydrogen) atoms. The van der Waals surface area contributed by atoms with Crippen molar-refractivity contribution in [3.63, 3.8) is 0 Å². The third-order valence-electron chi connectivity index (χ3n) is 3.65. The summed E-state index contributed by atoms with van der Waals surface area (Å²) < 4.78 is 0. The molecule has 1 amide bonds. The summed E-state index contributed by atoms with van der Waals surface area (Å²) in [7, 11) is 0. The van der Waals surface area contributed by atoms with E-state index in [4.69, 9.17) is 0 Å². The van der Waals surface area contributed by atoms with E-state index in [1.54, 1.807) is 11.8 Å². The predicted molar refractivity (Wildman–Crippen MR) is 96.3 cm³/mol. The fraction of sp³-hybridized carbons (Fsp3) is 0.263. The molecule has 0 heterocycles. The first-order valence-electron chi connectivity index (χ1n) is 7.54. The summed E-state index contributed by atoms with van der Waals surface area (Å²) in [6.45, 7) is 3.88. The number of thioether (sulfide) groups is 1. The van der Waals surface area contributed by atoms with Crippen molar-refractivity contribution in [2.24, 2.45) is 0 Å². The fourth-order valence-electron chi connectivity index (χ4n) is 2.30. The Hall–Kier alpha value is -2.07. The summed E-state index contributed by atoms with van der Waals surface area (Å²) in [6, 6.07) is 13.5. The van der Waals surface area contributed by atoms with E-state index in [1.807, 2.05) is 62.6 Å². The van der Waals surface area contributed by atoms with Crippen LogP contribution in [0.15, 0.2) is 47.4 Å². The molecule has 1 N–H and O–H groups in total. The fourth-order valence-corrected chi connectivity index (χ4v) is 2.70. The van der Waals surface area contributed by atoms with Crippen molar-refractivity contribution in [3.05, 3.63) is 59.2 Å². The number of benzene rings is 2. The molecule has 2 rings (SSSR count). The minimum absolute atomic E-state index is 0.0130. The molecule has 120 valence electrons. The molecule has 4 heteroatoms. The highest BCUT2D eigenvalue weighted by molar-refractivity contribution is 7.98. The van der Waals surface area contributed by atoms with Crippen LogP contribution in [0.1, 0.15) is 34.3 Å². The number of Topliss-reactive ketones (excluding diaryl/α,β-unsaturated/α-hetero) is 1. The van der Waals surface area contributed by atoms with Gasteiger partial charge in [0.2, 0.25) is 5.91 Å². The van der Waals surface area contributed by atoms with E-state index in [0.29, 0.717) is 5.56 Å². The van der Waals surface area contributed by atoms with E-state index in [1.165, 1.54) is 0 Å². The molecule has 3 nitrogen and oxygen atoms in total. The second kappa shape index (κ2) is 7.97. The Labute approximate surface area is 141 Å². The Morgan fingerprint density at radius 2 is 1.70 bits per heavy atom. The van der Waals surface area contributed by atoms with Gasteiger partial charge in [0, 0.05) is 29.0 Å². The highest BCUT2D eigenvalue weighted by Crippen LogP contribution is 2.18. The Bertz CT molecular complexity index is 708. The third kappa shape index (κ3) is 4.96. The average molecular weight is 327 g/mol. The van der Waals surface area contributed by atoms with Crippen molar-refractivity contribution in [2.45, 2.75) is 31.6 Å². The highest BCUT2D eigenvalue weighted by atomic mass is 32.2. The SMILES string of the molecule is CSc1ccc(NC(=O)CCC(=O)c2cc(C)ccc2C)cc1. The number of carbonyl (C=O) groups is 2. The Morgan fingerprint density at radius 3 is 2.35 bits per heavy atom. The van der Waals surface area contributed by atoms with Gasteiger partial charge < -0.3 is 5.32 Å². The van der Waals surface area contributed by atoms with Gasteiger partial charge in [-0.05, 0) is 56.0 Å². The Balaban J connectivity index is 1.90. The summed E-state index contributed by atoms with van der Waals surface area (Å²) in [5.74, 6) is -0.125. The van der Waals surface area contributed by atoms with Crippen LogP contribution < -0.4 is 5.32 Å². The van der Waals surface area contributed by atoms with Gasteiger partial charge in [0.15, 0.2) is 5.78 Å². The second-order valence-electron chi connectivity index (χ2n) is 5.52. The maximum absolute atomic E-state index is 12.3. The van der Waals surface area contributed by atoms with Crippen molar-refractivity contribution in [1.29, 1.82) is 0 Å². The van der Waals surface area contributed by atoms with Crippen LogP contribution in [-0.2, 0) is 4.79 Å². The lowest BCUT2D eigenvalue weighted by molar-refractivity contribution is -0.116. The van der Waals surface area contributed by atoms with Crippen LogP contribution in [0.4, 0.5) is 5.69 Å². The van der Waals surface area contributed by atoms with Gasteiger partial charge in [0.05, 0.1) is 0 Å². The number of hydrogen-bond acceptors (Lipinski definition) is 3. The van der Waals surface area contributed by atoms with Gasteiger partial charge in [-0.3, -0.25) is 9.59 Å². The van der Waals surface area contributed by atoms with Gasteiger partial charge in [-0.2, -0.15) is 0 Å². The van der Waals surface area contributed by atoms with Crippen molar-refractivity contribution in [3.8, 4) is 0 Å². The number of aryl methyl sites for hydroxylation is 2. The molecule has 2 aromatic rings. The van der Waals surface area contributed by atoms with E-state index >= 15 is 0 Å². The lowest BCUT2D eigenvalue weighted by Gasteiger charge is -2.08. The summed E-state index contributed by atoms with van der Waals surface area (Å²) in [5, 5.41) is 2.83. The van der Waals surface area contributed by atoms with Gasteiger partial charge in [0.1, 0.15) is 0 Å². The van der Waals surface area contributed by atoms with Crippen LogP contribution in [0.5, 0.6) is 0 Å². The molecule has 0 spiro atoms. The Kier molecular flexibility index (Phi) is 5.99. The first-order chi connectivity index (χ1) is 11.0. The molecule has 0 radical (unpaired) electrons. The zero-order valence-electron chi connectivity index (χ0n) is 13.7. The summed E-state index contributed by atoms with van der Waals surface area (Å²) >= 11 is 1.65. The number of amides is 1. The minimum atomic E-state index is -0.138. The standard InChI is InChI=1S/C19H21NO2S/c1-13-4-5-14(2)17(12-13)18(21)10-11-19(22)20-15-6-8-16(23-3)9-7-15/h4-9,12H,10-11H2,1-3H3,(H,20,22). The maximum Gasteiger partial charge on any atom is 0.224 e. The van der Waals surface area contributed by atoms with Gasteiger partial charge in [-0.1, -0.05) is 17.7 Å². The molecule has 0 fully saturated rings. The lowest BCUT2D eigenvalue weighted by atomic mass is 9.99. The number of hydrogen-bond donors (Lipinski definition) is 1. The first kappa shape index (κ1) is 17.3. The van der Waals surface area contributed by atoms with Gasteiger partial charge in [-0.25, -0.2) is 0 Å². The van der Waals surface area contributed by atoms with Crippen molar-refractivity contribution < 1.29 is 9.59 Å². The Morgan fingerprint density at radius 1 is 1.00 bits per heavy atom. The van der Waals surface area contributed by atoms with Crippen LogP contribution in [0.25, 0.3) is 0 Å². The smallest absolute Gasteiger partial charge is 0.224 e. The molecule has 0 unspecified atom stereocenters. The molecule has 0 aliphatic heterocycles. The average Bonchev–Trinajstić information content (AvgIpc) is 2.55. The van der Waals surface area contributed by atoms with Crippen LogP contribution in [0.2, 0.25) is 0 Å². The largest absolute Gasteiger partial charge is 0.326 e. The summed E-state index contributed by atoms with van der Waals surface area (Å²) in [4.78, 5) is 25.4. The van der Waals surface area contributed by atoms with Crippen molar-refractivity contribution in [1.82, 2.24) is 0 Å². The lowest BCUT2D eigenvalue weighted by Crippen LogP contribution is -2.14. The molecule has 0 saturated heterocycles.